The Balaban J connectivity index is 1.73. The summed E-state index contributed by atoms with van der Waals surface area (Å²) in [6, 6.07) is 22.4. The van der Waals surface area contributed by atoms with Crippen molar-refractivity contribution in [1.82, 2.24) is 10.2 Å². The van der Waals surface area contributed by atoms with Gasteiger partial charge < -0.3 is 10.2 Å². The van der Waals surface area contributed by atoms with Crippen molar-refractivity contribution in [1.29, 1.82) is 0 Å². The Labute approximate surface area is 246 Å². The molecule has 3 aromatic carbocycles. The van der Waals surface area contributed by atoms with E-state index in [0.29, 0.717) is 0 Å². The molecule has 3 aromatic rings. The average molecular weight is 603 g/mol. The maximum Gasteiger partial charge on any atom is 0.244 e. The van der Waals surface area contributed by atoms with E-state index in [9.17, 15) is 18.0 Å². The lowest BCUT2D eigenvalue weighted by molar-refractivity contribution is -0.140. The Morgan fingerprint density at radius 3 is 2.12 bits per heavy atom. The van der Waals surface area contributed by atoms with Crippen molar-refractivity contribution in [2.24, 2.45) is 0 Å². The van der Waals surface area contributed by atoms with Gasteiger partial charge in [0.15, 0.2) is 0 Å². The number of anilines is 1. The molecule has 0 heterocycles. The molecule has 1 atom stereocenters. The highest BCUT2D eigenvalue weighted by atomic mass is 35.5. The van der Waals surface area contributed by atoms with E-state index in [1.54, 1.807) is 6.07 Å². The summed E-state index contributed by atoms with van der Waals surface area (Å²) in [5.41, 5.74) is 1.80. The van der Waals surface area contributed by atoms with Crippen LogP contribution in [0.5, 0.6) is 0 Å². The standard InChI is InChI=1S/C30H33Cl2N3O4S/c1-40(38,39)35(27-19-24(31)16-17-26(27)32)21-29(36)34(20-23-12-6-3-7-13-23)28(18-22-10-4-2-5-11-22)30(37)33-25-14-8-9-15-25/h2-7,10-13,16-17,19,25,28H,8-9,14-15,18,20-21H2,1H3,(H,33,37). The van der Waals surface area contributed by atoms with Gasteiger partial charge in [0, 0.05) is 24.0 Å². The summed E-state index contributed by atoms with van der Waals surface area (Å²) in [6.45, 7) is -0.427. The maximum absolute atomic E-state index is 14.1. The van der Waals surface area contributed by atoms with Gasteiger partial charge in [-0.2, -0.15) is 0 Å². The van der Waals surface area contributed by atoms with Gasteiger partial charge in [-0.15, -0.1) is 0 Å². The first-order valence-corrected chi connectivity index (χ1v) is 15.8. The van der Waals surface area contributed by atoms with Crippen LogP contribution in [0.4, 0.5) is 5.69 Å². The lowest BCUT2D eigenvalue weighted by Gasteiger charge is -2.34. The Bertz CT molecular complexity index is 1420. The normalized spacial score (nSPS) is 14.5. The zero-order valence-electron chi connectivity index (χ0n) is 22.3. The van der Waals surface area contributed by atoms with Gasteiger partial charge in [0.1, 0.15) is 12.6 Å². The zero-order valence-corrected chi connectivity index (χ0v) is 24.6. The topological polar surface area (TPSA) is 86.8 Å². The number of rotatable bonds is 11. The van der Waals surface area contributed by atoms with E-state index in [1.165, 1.54) is 17.0 Å². The Morgan fingerprint density at radius 1 is 0.925 bits per heavy atom. The van der Waals surface area contributed by atoms with Gasteiger partial charge >= 0.3 is 0 Å². The van der Waals surface area contributed by atoms with Crippen molar-refractivity contribution in [3.8, 4) is 0 Å². The van der Waals surface area contributed by atoms with E-state index in [4.69, 9.17) is 23.2 Å². The number of nitrogens with zero attached hydrogens (tertiary/aromatic N) is 2. The molecule has 0 spiro atoms. The lowest BCUT2D eigenvalue weighted by Crippen LogP contribution is -2.54. The largest absolute Gasteiger partial charge is 0.352 e. The van der Waals surface area contributed by atoms with Gasteiger partial charge in [0.2, 0.25) is 21.8 Å². The van der Waals surface area contributed by atoms with Crippen LogP contribution < -0.4 is 9.62 Å². The van der Waals surface area contributed by atoms with Gasteiger partial charge in [-0.3, -0.25) is 13.9 Å². The summed E-state index contributed by atoms with van der Waals surface area (Å²) in [4.78, 5) is 29.4. The highest BCUT2D eigenvalue weighted by molar-refractivity contribution is 7.92. The van der Waals surface area contributed by atoms with E-state index in [-0.39, 0.29) is 40.6 Å². The lowest BCUT2D eigenvalue weighted by atomic mass is 10.0. The number of hydrogen-bond donors (Lipinski definition) is 1. The molecule has 212 valence electrons. The van der Waals surface area contributed by atoms with Crippen LogP contribution in [0, 0.1) is 0 Å². The van der Waals surface area contributed by atoms with Gasteiger partial charge in [-0.25, -0.2) is 8.42 Å². The monoisotopic (exact) mass is 601 g/mol. The van der Waals surface area contributed by atoms with Gasteiger partial charge in [-0.05, 0) is 42.2 Å². The molecular weight excluding hydrogens is 569 g/mol. The van der Waals surface area contributed by atoms with Crippen LogP contribution in [-0.2, 0) is 32.6 Å². The van der Waals surface area contributed by atoms with Crippen LogP contribution in [0.15, 0.2) is 78.9 Å². The van der Waals surface area contributed by atoms with E-state index < -0.39 is 28.5 Å². The van der Waals surface area contributed by atoms with E-state index >= 15 is 0 Å². The van der Waals surface area contributed by atoms with Crippen molar-refractivity contribution in [2.75, 3.05) is 17.1 Å². The van der Waals surface area contributed by atoms with Crippen LogP contribution >= 0.6 is 23.2 Å². The fraction of sp³-hybridized carbons (Fsp3) is 0.333. The first-order chi connectivity index (χ1) is 19.1. The molecule has 40 heavy (non-hydrogen) atoms. The molecule has 0 aromatic heterocycles. The summed E-state index contributed by atoms with van der Waals surface area (Å²) >= 11 is 12.5. The fourth-order valence-electron chi connectivity index (χ4n) is 4.97. The summed E-state index contributed by atoms with van der Waals surface area (Å²) < 4.78 is 26.8. The quantitative estimate of drug-likeness (QED) is 0.316. The van der Waals surface area contributed by atoms with Gasteiger partial charge in [0.25, 0.3) is 0 Å². The average Bonchev–Trinajstić information content (AvgIpc) is 3.44. The Kier molecular flexibility index (Phi) is 10.1. The Morgan fingerprint density at radius 2 is 1.52 bits per heavy atom. The van der Waals surface area contributed by atoms with Gasteiger partial charge in [-0.1, -0.05) is 96.7 Å². The van der Waals surface area contributed by atoms with Crippen molar-refractivity contribution < 1.29 is 18.0 Å². The molecule has 0 bridgehead atoms. The van der Waals surface area contributed by atoms with Crippen LogP contribution in [0.1, 0.15) is 36.8 Å². The molecule has 1 saturated carbocycles. The number of carbonyl (C=O) groups excluding carboxylic acids is 2. The third-order valence-electron chi connectivity index (χ3n) is 7.02. The van der Waals surface area contributed by atoms with E-state index in [2.05, 4.69) is 5.32 Å². The molecule has 0 radical (unpaired) electrons. The van der Waals surface area contributed by atoms with Crippen LogP contribution in [-0.4, -0.2) is 50.0 Å². The second kappa shape index (κ2) is 13.5. The Hall–Kier alpha value is -3.07. The van der Waals surface area contributed by atoms with E-state index in [0.717, 1.165) is 47.4 Å². The molecule has 1 aliphatic rings. The smallest absolute Gasteiger partial charge is 0.244 e. The minimum atomic E-state index is -3.94. The van der Waals surface area contributed by atoms with Crippen LogP contribution in [0.25, 0.3) is 0 Å². The molecule has 7 nitrogen and oxygen atoms in total. The molecule has 0 aliphatic heterocycles. The van der Waals surface area contributed by atoms with Crippen molar-refractivity contribution in [3.63, 3.8) is 0 Å². The molecule has 10 heteroatoms. The molecule has 1 N–H and O–H groups in total. The van der Waals surface area contributed by atoms with Crippen molar-refractivity contribution in [2.45, 2.75) is 50.7 Å². The number of benzene rings is 3. The predicted molar refractivity (Wildman–Crippen MR) is 160 cm³/mol. The minimum absolute atomic E-state index is 0.0530. The summed E-state index contributed by atoms with van der Waals surface area (Å²) in [7, 11) is -3.94. The van der Waals surface area contributed by atoms with E-state index in [1.807, 2.05) is 60.7 Å². The molecule has 1 unspecified atom stereocenters. The molecular formula is C30H33Cl2N3O4S. The third-order valence-corrected chi connectivity index (χ3v) is 8.71. The van der Waals surface area contributed by atoms with Gasteiger partial charge in [0.05, 0.1) is 17.0 Å². The van der Waals surface area contributed by atoms with Crippen LogP contribution in [0.2, 0.25) is 10.0 Å². The second-order valence-corrected chi connectivity index (χ2v) is 12.8. The maximum atomic E-state index is 14.1. The number of carbonyl (C=O) groups is 2. The number of amides is 2. The minimum Gasteiger partial charge on any atom is -0.352 e. The molecule has 1 aliphatic carbocycles. The highest BCUT2D eigenvalue weighted by Crippen LogP contribution is 2.31. The first kappa shape index (κ1) is 29.9. The highest BCUT2D eigenvalue weighted by Gasteiger charge is 2.34. The zero-order chi connectivity index (χ0) is 28.7. The van der Waals surface area contributed by atoms with Crippen molar-refractivity contribution in [3.05, 3.63) is 100 Å². The molecule has 0 saturated heterocycles. The SMILES string of the molecule is CS(=O)(=O)N(CC(=O)N(Cc1ccccc1)C(Cc1ccccc1)C(=O)NC1CCCC1)c1cc(Cl)ccc1Cl. The molecule has 1 fully saturated rings. The molecule has 4 rings (SSSR count). The summed E-state index contributed by atoms with van der Waals surface area (Å²) in [5, 5.41) is 3.56. The number of halogens is 2. The number of hydrogen-bond acceptors (Lipinski definition) is 4. The third kappa shape index (κ3) is 7.99. The first-order valence-electron chi connectivity index (χ1n) is 13.2. The number of sulfonamides is 1. The summed E-state index contributed by atoms with van der Waals surface area (Å²) in [6.07, 6.45) is 5.16. The summed E-state index contributed by atoms with van der Waals surface area (Å²) in [5.74, 6) is -0.792. The fourth-order valence-corrected chi connectivity index (χ4v) is 6.26. The predicted octanol–water partition coefficient (Wildman–Crippen LogP) is 5.46. The second-order valence-electron chi connectivity index (χ2n) is 10.1. The van der Waals surface area contributed by atoms with Crippen LogP contribution in [0.3, 0.4) is 0 Å². The van der Waals surface area contributed by atoms with Crippen molar-refractivity contribution >= 4 is 50.7 Å². The number of nitrogens with one attached hydrogen (secondary N) is 1. The molecule has 2 amide bonds.